The third-order valence-electron chi connectivity index (χ3n) is 6.56. The van der Waals surface area contributed by atoms with Gasteiger partial charge >= 0.3 is 5.97 Å². The van der Waals surface area contributed by atoms with Gasteiger partial charge in [-0.1, -0.05) is 73.7 Å². The van der Waals surface area contributed by atoms with Gasteiger partial charge < -0.3 is 14.4 Å². The Hall–Kier alpha value is -4.45. The number of ketones is 1. The van der Waals surface area contributed by atoms with Crippen molar-refractivity contribution in [3.63, 3.8) is 0 Å². The van der Waals surface area contributed by atoms with Crippen molar-refractivity contribution in [2.24, 2.45) is 5.92 Å². The molecule has 0 unspecified atom stereocenters. The molecule has 1 aliphatic rings. The summed E-state index contributed by atoms with van der Waals surface area (Å²) in [7, 11) is 0. The zero-order chi connectivity index (χ0) is 25.8. The number of anilines is 1. The Morgan fingerprint density at radius 2 is 1.59 bits per heavy atom. The van der Waals surface area contributed by atoms with Crippen LogP contribution in [0.15, 0.2) is 97.1 Å². The lowest BCUT2D eigenvalue weighted by molar-refractivity contribution is -0.151. The summed E-state index contributed by atoms with van der Waals surface area (Å²) in [5.74, 6) is -0.152. The lowest BCUT2D eigenvalue weighted by Gasteiger charge is -2.19. The first kappa shape index (κ1) is 24.3. The van der Waals surface area contributed by atoms with Crippen molar-refractivity contribution < 1.29 is 23.9 Å². The van der Waals surface area contributed by atoms with Gasteiger partial charge in [0.25, 0.3) is 0 Å². The average molecular weight is 494 g/mol. The zero-order valence-electron chi connectivity index (χ0n) is 20.5. The molecule has 1 heterocycles. The second kappa shape index (κ2) is 10.7. The number of nitrogens with zero attached hydrogens (tertiary/aromatic N) is 1. The lowest BCUT2D eigenvalue weighted by Crippen LogP contribution is -2.31. The molecule has 0 saturated carbocycles. The maximum atomic E-state index is 12.9. The summed E-state index contributed by atoms with van der Waals surface area (Å²) in [6, 6.07) is 29.9. The maximum Gasteiger partial charge on any atom is 0.312 e. The molecule has 6 heteroatoms. The summed E-state index contributed by atoms with van der Waals surface area (Å²) >= 11 is 0. The molecule has 0 aromatic heterocycles. The van der Waals surface area contributed by atoms with Gasteiger partial charge in [-0.3, -0.25) is 14.4 Å². The fourth-order valence-corrected chi connectivity index (χ4v) is 4.57. The number of carbonyl (C=O) groups is 3. The minimum atomic E-state index is -0.871. The molecule has 1 saturated heterocycles. The third kappa shape index (κ3) is 5.23. The number of Topliss-reactive ketones (excluding diaryl/α,β-unsaturated/α-hetero) is 1. The van der Waals surface area contributed by atoms with Gasteiger partial charge in [-0.05, 0) is 42.1 Å². The Morgan fingerprint density at radius 3 is 2.35 bits per heavy atom. The number of hydrogen-bond donors (Lipinski definition) is 0. The molecule has 1 fully saturated rings. The summed E-state index contributed by atoms with van der Waals surface area (Å²) in [5.41, 5.74) is 1.18. The Labute approximate surface area is 215 Å². The molecule has 0 radical (unpaired) electrons. The van der Waals surface area contributed by atoms with E-state index < -0.39 is 18.0 Å². The summed E-state index contributed by atoms with van der Waals surface area (Å²) in [5, 5.41) is 2.11. The summed E-state index contributed by atoms with van der Waals surface area (Å²) in [6.07, 6.45) is -0.463. The van der Waals surface area contributed by atoms with Crippen LogP contribution in [0, 0.1) is 5.92 Å². The van der Waals surface area contributed by atoms with Gasteiger partial charge in [0.05, 0.1) is 5.92 Å². The molecule has 4 aromatic carbocycles. The molecule has 37 heavy (non-hydrogen) atoms. The van der Waals surface area contributed by atoms with E-state index in [2.05, 4.69) is 0 Å². The van der Waals surface area contributed by atoms with Gasteiger partial charge in [0, 0.05) is 29.6 Å². The molecule has 5 rings (SSSR count). The molecule has 1 aliphatic heterocycles. The number of amides is 1. The summed E-state index contributed by atoms with van der Waals surface area (Å²) in [4.78, 5) is 39.9. The molecule has 0 bridgehead atoms. The van der Waals surface area contributed by atoms with Crippen LogP contribution >= 0.6 is 0 Å². The zero-order valence-corrected chi connectivity index (χ0v) is 20.5. The molecule has 2 atom stereocenters. The van der Waals surface area contributed by atoms with Crippen molar-refractivity contribution >= 4 is 34.1 Å². The molecule has 4 aromatic rings. The molecule has 0 N–H and O–H groups in total. The van der Waals surface area contributed by atoms with E-state index in [1.807, 2.05) is 60.7 Å². The highest BCUT2D eigenvalue weighted by Crippen LogP contribution is 2.32. The van der Waals surface area contributed by atoms with Crippen molar-refractivity contribution in [2.75, 3.05) is 11.4 Å². The van der Waals surface area contributed by atoms with Crippen LogP contribution in [0.3, 0.4) is 0 Å². The highest BCUT2D eigenvalue weighted by molar-refractivity contribution is 6.02. The molecule has 0 spiro atoms. The topological polar surface area (TPSA) is 72.9 Å². The largest absolute Gasteiger partial charge is 0.457 e. The number of benzene rings is 4. The van der Waals surface area contributed by atoms with Crippen LogP contribution in [0.1, 0.15) is 30.1 Å². The van der Waals surface area contributed by atoms with E-state index in [-0.39, 0.29) is 24.7 Å². The van der Waals surface area contributed by atoms with E-state index >= 15 is 0 Å². The Bertz CT molecular complexity index is 1430. The molecule has 6 nitrogen and oxygen atoms in total. The fraction of sp³-hybridized carbons (Fsp3) is 0.194. The normalized spacial score (nSPS) is 16.0. The first-order chi connectivity index (χ1) is 18.0. The second-order valence-corrected chi connectivity index (χ2v) is 9.04. The molecule has 1 amide bonds. The predicted octanol–water partition coefficient (Wildman–Crippen LogP) is 6.19. The summed E-state index contributed by atoms with van der Waals surface area (Å²) < 4.78 is 11.7. The number of carbonyl (C=O) groups excluding carboxylic acids is 3. The molecule has 186 valence electrons. The average Bonchev–Trinajstić information content (AvgIpc) is 3.34. The molecule has 0 aliphatic carbocycles. The maximum absolute atomic E-state index is 12.9. The van der Waals surface area contributed by atoms with Crippen LogP contribution in [-0.4, -0.2) is 30.3 Å². The predicted molar refractivity (Wildman–Crippen MR) is 142 cm³/mol. The second-order valence-electron chi connectivity index (χ2n) is 9.04. The van der Waals surface area contributed by atoms with Gasteiger partial charge in [-0.15, -0.1) is 0 Å². The van der Waals surface area contributed by atoms with Crippen LogP contribution in [0.5, 0.6) is 11.5 Å². The number of ether oxygens (including phenoxy) is 2. The van der Waals surface area contributed by atoms with Gasteiger partial charge in [0.15, 0.2) is 6.10 Å². The van der Waals surface area contributed by atoms with Crippen LogP contribution < -0.4 is 9.64 Å². The van der Waals surface area contributed by atoms with Crippen LogP contribution in [0.4, 0.5) is 5.69 Å². The van der Waals surface area contributed by atoms with Gasteiger partial charge in [-0.2, -0.15) is 0 Å². The standard InChI is InChI=1S/C31H27NO5/c1-2-27(30(34)22-10-4-3-5-11-22)37-31(35)23-19-29(33)32(20-23)24-15-17-25(18-16-24)36-28-14-8-12-21-9-6-7-13-26(21)28/h3-18,23,27H,2,19-20H2,1H3/t23-,27-/m1/s1. The number of hydrogen-bond acceptors (Lipinski definition) is 5. The summed E-state index contributed by atoms with van der Waals surface area (Å²) in [6.45, 7) is 2.00. The van der Waals surface area contributed by atoms with Crippen molar-refractivity contribution in [1.82, 2.24) is 0 Å². The van der Waals surface area contributed by atoms with Gasteiger partial charge in [0.1, 0.15) is 11.5 Å². The molecular formula is C31H27NO5. The number of fused-ring (bicyclic) bond motifs is 1. The fourth-order valence-electron chi connectivity index (χ4n) is 4.57. The van der Waals surface area contributed by atoms with Crippen LogP contribution in [0.2, 0.25) is 0 Å². The third-order valence-corrected chi connectivity index (χ3v) is 6.56. The van der Waals surface area contributed by atoms with Gasteiger partial charge in [-0.25, -0.2) is 0 Å². The van der Waals surface area contributed by atoms with E-state index in [0.717, 1.165) is 16.5 Å². The van der Waals surface area contributed by atoms with Crippen molar-refractivity contribution in [1.29, 1.82) is 0 Å². The van der Waals surface area contributed by atoms with Crippen molar-refractivity contribution in [3.8, 4) is 11.5 Å². The van der Waals surface area contributed by atoms with E-state index in [0.29, 0.717) is 23.4 Å². The quantitative estimate of drug-likeness (QED) is 0.216. The number of esters is 1. The Kier molecular flexibility index (Phi) is 6.99. The number of rotatable bonds is 8. The first-order valence-electron chi connectivity index (χ1n) is 12.4. The van der Waals surface area contributed by atoms with E-state index in [1.54, 1.807) is 48.2 Å². The first-order valence-corrected chi connectivity index (χ1v) is 12.4. The van der Waals surface area contributed by atoms with Crippen molar-refractivity contribution in [3.05, 3.63) is 103 Å². The lowest BCUT2D eigenvalue weighted by atomic mass is 10.0. The van der Waals surface area contributed by atoms with Gasteiger partial charge in [0.2, 0.25) is 11.7 Å². The van der Waals surface area contributed by atoms with Crippen LogP contribution in [0.25, 0.3) is 10.8 Å². The van der Waals surface area contributed by atoms with E-state index in [9.17, 15) is 14.4 Å². The van der Waals surface area contributed by atoms with E-state index in [4.69, 9.17) is 9.47 Å². The molecular weight excluding hydrogens is 466 g/mol. The smallest absolute Gasteiger partial charge is 0.312 e. The Balaban J connectivity index is 1.24. The van der Waals surface area contributed by atoms with Crippen molar-refractivity contribution in [2.45, 2.75) is 25.9 Å². The van der Waals surface area contributed by atoms with E-state index in [1.165, 1.54) is 0 Å². The monoisotopic (exact) mass is 493 g/mol. The Morgan fingerprint density at radius 1 is 0.892 bits per heavy atom. The highest BCUT2D eigenvalue weighted by Gasteiger charge is 2.37. The SMILES string of the molecule is CC[C@@H](OC(=O)[C@@H]1CC(=O)N(c2ccc(Oc3cccc4ccccc34)cc2)C1)C(=O)c1ccccc1. The van der Waals surface area contributed by atoms with Crippen LogP contribution in [-0.2, 0) is 14.3 Å². The minimum Gasteiger partial charge on any atom is -0.457 e. The minimum absolute atomic E-state index is 0.0447. The highest BCUT2D eigenvalue weighted by atomic mass is 16.5.